The molecule has 2 aliphatic rings. The molecule has 0 aromatic heterocycles. The van der Waals surface area contributed by atoms with Crippen molar-refractivity contribution in [2.24, 2.45) is 17.8 Å². The van der Waals surface area contributed by atoms with Crippen LogP contribution in [-0.4, -0.2) is 0 Å². The van der Waals surface area contributed by atoms with Gasteiger partial charge in [-0.2, -0.15) is 0 Å². The van der Waals surface area contributed by atoms with Crippen LogP contribution in [0.15, 0.2) is 36.4 Å². The van der Waals surface area contributed by atoms with Gasteiger partial charge >= 0.3 is 0 Å². The minimum absolute atomic E-state index is 0.116. The summed E-state index contributed by atoms with van der Waals surface area (Å²) in [5.74, 6) is 3.20. The van der Waals surface area contributed by atoms with Gasteiger partial charge in [0, 0.05) is 0 Å². The van der Waals surface area contributed by atoms with Crippen LogP contribution < -0.4 is 0 Å². The Hall–Kier alpha value is -1.11. The zero-order valence-electron chi connectivity index (χ0n) is 12.4. The van der Waals surface area contributed by atoms with Crippen LogP contribution >= 0.6 is 0 Å². The number of halogens is 1. The second kappa shape index (κ2) is 6.11. The Bertz CT molecular complexity index is 459. The highest BCUT2D eigenvalue weighted by Crippen LogP contribution is 2.47. The summed E-state index contributed by atoms with van der Waals surface area (Å²) >= 11 is 0. The summed E-state index contributed by atoms with van der Waals surface area (Å²) in [6, 6.07) is 7.21. The lowest BCUT2D eigenvalue weighted by Gasteiger charge is -2.41. The van der Waals surface area contributed by atoms with Crippen molar-refractivity contribution in [3.8, 4) is 0 Å². The van der Waals surface area contributed by atoms with Gasteiger partial charge in [-0.05, 0) is 86.8 Å². The van der Waals surface area contributed by atoms with E-state index in [1.807, 2.05) is 12.1 Å². The highest BCUT2D eigenvalue weighted by atomic mass is 19.1. The molecule has 3 rings (SSSR count). The van der Waals surface area contributed by atoms with E-state index < -0.39 is 0 Å². The minimum Gasteiger partial charge on any atom is -0.207 e. The molecule has 0 spiro atoms. The normalized spacial score (nSPS) is 34.1. The summed E-state index contributed by atoms with van der Waals surface area (Å²) in [5, 5.41) is 0. The SMILES string of the molecule is CC=C[C@@H]1CC[C@@H]2CC(c3ccc(F)cc3)CC[C@@H]2C1. The number of allylic oxidation sites excluding steroid dienone is 2. The van der Waals surface area contributed by atoms with Gasteiger partial charge in [0.25, 0.3) is 0 Å². The van der Waals surface area contributed by atoms with Crippen molar-refractivity contribution in [3.05, 3.63) is 47.8 Å². The molecule has 2 fully saturated rings. The molecule has 1 heteroatoms. The Balaban J connectivity index is 1.64. The fourth-order valence-electron chi connectivity index (χ4n) is 4.41. The van der Waals surface area contributed by atoms with Crippen LogP contribution in [0.3, 0.4) is 0 Å². The third kappa shape index (κ3) is 2.97. The van der Waals surface area contributed by atoms with Crippen LogP contribution in [0.1, 0.15) is 56.9 Å². The predicted octanol–water partition coefficient (Wildman–Crippen LogP) is 5.70. The Morgan fingerprint density at radius 3 is 2.40 bits per heavy atom. The largest absolute Gasteiger partial charge is 0.207 e. The maximum absolute atomic E-state index is 13.0. The summed E-state index contributed by atoms with van der Waals surface area (Å²) in [4.78, 5) is 0. The lowest BCUT2D eigenvalue weighted by molar-refractivity contribution is 0.133. The molecular weight excluding hydrogens is 247 g/mol. The molecular formula is C19H25F. The van der Waals surface area contributed by atoms with Crippen LogP contribution in [0.4, 0.5) is 4.39 Å². The summed E-state index contributed by atoms with van der Waals surface area (Å²) in [7, 11) is 0. The van der Waals surface area contributed by atoms with Crippen molar-refractivity contribution in [2.45, 2.75) is 51.4 Å². The predicted molar refractivity (Wildman–Crippen MR) is 82.1 cm³/mol. The average Bonchev–Trinajstić information content (AvgIpc) is 2.48. The van der Waals surface area contributed by atoms with E-state index >= 15 is 0 Å². The third-order valence-electron chi connectivity index (χ3n) is 5.46. The smallest absolute Gasteiger partial charge is 0.123 e. The van der Waals surface area contributed by atoms with Gasteiger partial charge < -0.3 is 0 Å². The van der Waals surface area contributed by atoms with Crippen LogP contribution in [0.5, 0.6) is 0 Å². The molecule has 108 valence electrons. The van der Waals surface area contributed by atoms with E-state index in [0.29, 0.717) is 5.92 Å². The molecule has 0 radical (unpaired) electrons. The molecule has 0 nitrogen and oxygen atoms in total. The molecule has 0 aliphatic heterocycles. The van der Waals surface area contributed by atoms with E-state index in [9.17, 15) is 4.39 Å². The summed E-state index contributed by atoms with van der Waals surface area (Å²) in [6.07, 6.45) is 12.7. The second-order valence-corrected chi connectivity index (χ2v) is 6.68. The maximum atomic E-state index is 13.0. The number of rotatable bonds is 2. The molecule has 4 atom stereocenters. The molecule has 20 heavy (non-hydrogen) atoms. The van der Waals surface area contributed by atoms with E-state index in [2.05, 4.69) is 19.1 Å². The van der Waals surface area contributed by atoms with Gasteiger partial charge in [-0.15, -0.1) is 0 Å². The molecule has 1 aromatic rings. The van der Waals surface area contributed by atoms with Crippen LogP contribution in [0, 0.1) is 23.6 Å². The molecule has 1 aromatic carbocycles. The molecule has 0 bridgehead atoms. The van der Waals surface area contributed by atoms with E-state index in [-0.39, 0.29) is 5.82 Å². The highest BCUT2D eigenvalue weighted by Gasteiger charge is 2.35. The molecule has 2 aliphatic carbocycles. The Kier molecular flexibility index (Phi) is 4.24. The van der Waals surface area contributed by atoms with Gasteiger partial charge in [0.2, 0.25) is 0 Å². The fraction of sp³-hybridized carbons (Fsp3) is 0.579. The standard InChI is InChI=1S/C19H25F/c1-2-3-14-4-5-18-13-17(7-6-16(18)12-14)15-8-10-19(20)11-9-15/h2-3,8-11,14,16-18H,4-7,12-13H2,1H3/t14-,16-,17?,18-/m1/s1. The van der Waals surface area contributed by atoms with Crippen molar-refractivity contribution in [2.75, 3.05) is 0 Å². The van der Waals surface area contributed by atoms with Gasteiger partial charge in [0.15, 0.2) is 0 Å². The fourth-order valence-corrected chi connectivity index (χ4v) is 4.41. The van der Waals surface area contributed by atoms with E-state index in [1.54, 1.807) is 12.1 Å². The number of hydrogen-bond acceptors (Lipinski definition) is 0. The minimum atomic E-state index is -0.116. The van der Waals surface area contributed by atoms with Crippen molar-refractivity contribution >= 4 is 0 Å². The van der Waals surface area contributed by atoms with E-state index in [0.717, 1.165) is 17.8 Å². The monoisotopic (exact) mass is 272 g/mol. The summed E-state index contributed by atoms with van der Waals surface area (Å²) in [6.45, 7) is 2.14. The van der Waals surface area contributed by atoms with Crippen molar-refractivity contribution in [1.82, 2.24) is 0 Å². The van der Waals surface area contributed by atoms with Gasteiger partial charge in [-0.1, -0.05) is 24.3 Å². The second-order valence-electron chi connectivity index (χ2n) is 6.68. The Morgan fingerprint density at radius 1 is 0.950 bits per heavy atom. The number of fused-ring (bicyclic) bond motifs is 1. The van der Waals surface area contributed by atoms with Crippen LogP contribution in [0.2, 0.25) is 0 Å². The zero-order chi connectivity index (χ0) is 13.9. The number of hydrogen-bond donors (Lipinski definition) is 0. The number of benzene rings is 1. The zero-order valence-corrected chi connectivity index (χ0v) is 12.4. The lowest BCUT2D eigenvalue weighted by atomic mass is 9.64. The van der Waals surface area contributed by atoms with Crippen molar-refractivity contribution in [1.29, 1.82) is 0 Å². The van der Waals surface area contributed by atoms with Gasteiger partial charge in [0.1, 0.15) is 5.82 Å². The topological polar surface area (TPSA) is 0 Å². The first-order chi connectivity index (χ1) is 9.76. The first kappa shape index (κ1) is 13.9. The molecule has 0 heterocycles. The van der Waals surface area contributed by atoms with Gasteiger partial charge in [-0.3, -0.25) is 0 Å². The lowest BCUT2D eigenvalue weighted by Crippen LogP contribution is -2.30. The highest BCUT2D eigenvalue weighted by molar-refractivity contribution is 5.21. The molecule has 0 N–H and O–H groups in total. The van der Waals surface area contributed by atoms with Crippen LogP contribution in [-0.2, 0) is 0 Å². The van der Waals surface area contributed by atoms with Gasteiger partial charge in [-0.25, -0.2) is 4.39 Å². The summed E-state index contributed by atoms with van der Waals surface area (Å²) in [5.41, 5.74) is 1.35. The molecule has 2 saturated carbocycles. The molecule has 1 unspecified atom stereocenters. The quantitative estimate of drug-likeness (QED) is 0.606. The first-order valence-electron chi connectivity index (χ1n) is 8.14. The first-order valence-corrected chi connectivity index (χ1v) is 8.14. The maximum Gasteiger partial charge on any atom is 0.123 e. The molecule has 0 saturated heterocycles. The average molecular weight is 272 g/mol. The van der Waals surface area contributed by atoms with E-state index in [1.165, 1.54) is 44.1 Å². The van der Waals surface area contributed by atoms with Gasteiger partial charge in [0.05, 0.1) is 0 Å². The van der Waals surface area contributed by atoms with Crippen molar-refractivity contribution < 1.29 is 4.39 Å². The third-order valence-corrected chi connectivity index (χ3v) is 5.46. The van der Waals surface area contributed by atoms with E-state index in [4.69, 9.17) is 0 Å². The Morgan fingerprint density at radius 2 is 1.65 bits per heavy atom. The Labute approximate surface area is 122 Å². The summed E-state index contributed by atoms with van der Waals surface area (Å²) < 4.78 is 13.0. The van der Waals surface area contributed by atoms with Crippen LogP contribution in [0.25, 0.3) is 0 Å². The molecule has 0 amide bonds. The van der Waals surface area contributed by atoms with Crippen molar-refractivity contribution in [3.63, 3.8) is 0 Å².